The summed E-state index contributed by atoms with van der Waals surface area (Å²) in [7, 11) is 1.84. The van der Waals surface area contributed by atoms with Crippen molar-refractivity contribution in [1.29, 1.82) is 0 Å². The number of nitrogens with zero attached hydrogens (tertiary/aromatic N) is 3. The molecule has 2 aromatic rings. The maximum Gasteiger partial charge on any atom is 0.155 e. The van der Waals surface area contributed by atoms with Crippen LogP contribution in [0.5, 0.6) is 0 Å². The van der Waals surface area contributed by atoms with Gasteiger partial charge in [0.15, 0.2) is 5.65 Å². The lowest BCUT2D eigenvalue weighted by atomic mass is 10.6. The molecule has 4 nitrogen and oxygen atoms in total. The van der Waals surface area contributed by atoms with Gasteiger partial charge in [-0.25, -0.2) is 9.50 Å². The Kier molecular flexibility index (Phi) is 1.25. The van der Waals surface area contributed by atoms with E-state index in [4.69, 9.17) is 0 Å². The molecular weight excluding hydrogens is 140 g/mol. The van der Waals surface area contributed by atoms with Crippen molar-refractivity contribution in [3.8, 4) is 0 Å². The second-order valence-electron chi connectivity index (χ2n) is 2.20. The minimum atomic E-state index is 0.837. The molecule has 2 heterocycles. The number of nitrogens with one attached hydrogen (secondary N) is 1. The third kappa shape index (κ3) is 0.920. The summed E-state index contributed by atoms with van der Waals surface area (Å²) in [6.45, 7) is 0. The summed E-state index contributed by atoms with van der Waals surface area (Å²) in [5, 5.41) is 7.01. The van der Waals surface area contributed by atoms with Gasteiger partial charge in [0, 0.05) is 13.2 Å². The molecule has 0 saturated carbocycles. The molecule has 0 saturated heterocycles. The Morgan fingerprint density at radius 3 is 3.18 bits per heavy atom. The molecule has 2 aromatic heterocycles. The van der Waals surface area contributed by atoms with E-state index in [9.17, 15) is 0 Å². The van der Waals surface area contributed by atoms with Crippen LogP contribution in [0.15, 0.2) is 24.5 Å². The Labute approximate surface area is 63.9 Å². The van der Waals surface area contributed by atoms with Crippen molar-refractivity contribution >= 4 is 11.5 Å². The monoisotopic (exact) mass is 148 g/mol. The summed E-state index contributed by atoms with van der Waals surface area (Å²) < 4.78 is 1.73. The normalized spacial score (nSPS) is 10.3. The van der Waals surface area contributed by atoms with Crippen molar-refractivity contribution < 1.29 is 0 Å². The van der Waals surface area contributed by atoms with Gasteiger partial charge in [0.2, 0.25) is 0 Å². The molecule has 11 heavy (non-hydrogen) atoms. The maximum atomic E-state index is 4.22. The Morgan fingerprint density at radius 2 is 2.45 bits per heavy atom. The molecule has 2 rings (SSSR count). The van der Waals surface area contributed by atoms with Crippen LogP contribution in [0.4, 0.5) is 5.82 Å². The first-order chi connectivity index (χ1) is 5.40. The van der Waals surface area contributed by atoms with Crippen LogP contribution in [0.25, 0.3) is 5.65 Å². The fraction of sp³-hybridized carbons (Fsp3) is 0.143. The number of hydrogen-bond acceptors (Lipinski definition) is 3. The maximum absolute atomic E-state index is 4.22. The lowest BCUT2D eigenvalue weighted by molar-refractivity contribution is 0.936. The fourth-order valence-corrected chi connectivity index (χ4v) is 0.951. The molecule has 0 aromatic carbocycles. The van der Waals surface area contributed by atoms with Crippen LogP contribution in [0.1, 0.15) is 0 Å². The minimum absolute atomic E-state index is 0.837. The Balaban J connectivity index is 2.69. The van der Waals surface area contributed by atoms with Gasteiger partial charge in [-0.3, -0.25) is 0 Å². The van der Waals surface area contributed by atoms with Crippen molar-refractivity contribution in [2.24, 2.45) is 0 Å². The third-order valence-electron chi connectivity index (χ3n) is 1.49. The fourth-order valence-electron chi connectivity index (χ4n) is 0.951. The molecule has 56 valence electrons. The summed E-state index contributed by atoms with van der Waals surface area (Å²) in [6, 6.07) is 3.77. The SMILES string of the molecule is CNc1cn2ncccc2n1. The smallest absolute Gasteiger partial charge is 0.155 e. The summed E-state index contributed by atoms with van der Waals surface area (Å²) in [5.74, 6) is 0.837. The lowest BCUT2D eigenvalue weighted by Crippen LogP contribution is -1.86. The molecule has 1 N–H and O–H groups in total. The molecule has 0 aliphatic rings. The zero-order valence-electron chi connectivity index (χ0n) is 6.15. The molecule has 0 atom stereocenters. The predicted octanol–water partition coefficient (Wildman–Crippen LogP) is 0.771. The van der Waals surface area contributed by atoms with Gasteiger partial charge in [0.25, 0.3) is 0 Å². The Hall–Kier alpha value is -1.58. The van der Waals surface area contributed by atoms with E-state index in [2.05, 4.69) is 15.4 Å². The molecular formula is C7H8N4. The molecule has 0 radical (unpaired) electrons. The van der Waals surface area contributed by atoms with E-state index in [-0.39, 0.29) is 0 Å². The average Bonchev–Trinajstić information content (AvgIpc) is 2.46. The highest BCUT2D eigenvalue weighted by molar-refractivity contribution is 5.46. The minimum Gasteiger partial charge on any atom is -0.372 e. The number of rotatable bonds is 1. The van der Waals surface area contributed by atoms with Crippen LogP contribution in [-0.4, -0.2) is 21.6 Å². The average molecular weight is 148 g/mol. The van der Waals surface area contributed by atoms with E-state index in [1.54, 1.807) is 10.7 Å². The van der Waals surface area contributed by atoms with Crippen molar-refractivity contribution in [2.45, 2.75) is 0 Å². The summed E-state index contributed by atoms with van der Waals surface area (Å²) >= 11 is 0. The van der Waals surface area contributed by atoms with E-state index in [1.807, 2.05) is 25.4 Å². The quantitative estimate of drug-likeness (QED) is 0.649. The summed E-state index contributed by atoms with van der Waals surface area (Å²) in [6.07, 6.45) is 3.57. The predicted molar refractivity (Wildman–Crippen MR) is 42.5 cm³/mol. The molecule has 0 spiro atoms. The molecule has 0 aliphatic heterocycles. The first-order valence-corrected chi connectivity index (χ1v) is 3.38. The second kappa shape index (κ2) is 2.23. The molecule has 0 aliphatic carbocycles. The zero-order valence-corrected chi connectivity index (χ0v) is 6.15. The van der Waals surface area contributed by atoms with Gasteiger partial charge in [-0.2, -0.15) is 5.10 Å². The van der Waals surface area contributed by atoms with Crippen molar-refractivity contribution in [1.82, 2.24) is 14.6 Å². The van der Waals surface area contributed by atoms with Crippen molar-refractivity contribution in [3.05, 3.63) is 24.5 Å². The van der Waals surface area contributed by atoms with Crippen LogP contribution < -0.4 is 5.32 Å². The van der Waals surface area contributed by atoms with E-state index in [1.165, 1.54) is 0 Å². The topological polar surface area (TPSA) is 42.2 Å². The van der Waals surface area contributed by atoms with Crippen LogP contribution >= 0.6 is 0 Å². The van der Waals surface area contributed by atoms with Gasteiger partial charge in [-0.05, 0) is 12.1 Å². The first-order valence-electron chi connectivity index (χ1n) is 3.38. The van der Waals surface area contributed by atoms with E-state index < -0.39 is 0 Å². The second-order valence-corrected chi connectivity index (χ2v) is 2.20. The Morgan fingerprint density at radius 1 is 1.55 bits per heavy atom. The number of imidazole rings is 1. The van der Waals surface area contributed by atoms with Gasteiger partial charge in [0.05, 0.1) is 6.20 Å². The molecule has 4 heteroatoms. The number of fused-ring (bicyclic) bond motifs is 1. The molecule has 0 fully saturated rings. The van der Waals surface area contributed by atoms with Crippen LogP contribution in [0.2, 0.25) is 0 Å². The van der Waals surface area contributed by atoms with Crippen LogP contribution in [0.3, 0.4) is 0 Å². The van der Waals surface area contributed by atoms with Crippen LogP contribution in [-0.2, 0) is 0 Å². The van der Waals surface area contributed by atoms with E-state index in [0.29, 0.717) is 0 Å². The van der Waals surface area contributed by atoms with Crippen LogP contribution in [0, 0.1) is 0 Å². The highest BCUT2D eigenvalue weighted by Gasteiger charge is 1.96. The Bertz CT molecular complexity index is 332. The highest BCUT2D eigenvalue weighted by atomic mass is 15.3. The first kappa shape index (κ1) is 6.15. The van der Waals surface area contributed by atoms with E-state index in [0.717, 1.165) is 11.5 Å². The zero-order chi connectivity index (χ0) is 7.68. The number of hydrogen-bond donors (Lipinski definition) is 1. The number of anilines is 1. The van der Waals surface area contributed by atoms with Gasteiger partial charge < -0.3 is 5.32 Å². The van der Waals surface area contributed by atoms with Gasteiger partial charge >= 0.3 is 0 Å². The summed E-state index contributed by atoms with van der Waals surface area (Å²) in [5.41, 5.74) is 0.858. The van der Waals surface area contributed by atoms with Crippen molar-refractivity contribution in [3.63, 3.8) is 0 Å². The summed E-state index contributed by atoms with van der Waals surface area (Å²) in [4.78, 5) is 4.22. The molecule has 0 unspecified atom stereocenters. The highest BCUT2D eigenvalue weighted by Crippen LogP contribution is 2.05. The van der Waals surface area contributed by atoms with Gasteiger partial charge in [-0.15, -0.1) is 0 Å². The molecule has 0 bridgehead atoms. The van der Waals surface area contributed by atoms with Crippen molar-refractivity contribution in [2.75, 3.05) is 12.4 Å². The lowest BCUT2D eigenvalue weighted by Gasteiger charge is -1.85. The number of aromatic nitrogens is 3. The standard InChI is InChI=1S/C7H8N4/c1-8-6-5-11-7(10-6)3-2-4-9-11/h2-5,8H,1H3. The largest absolute Gasteiger partial charge is 0.372 e. The van der Waals surface area contributed by atoms with Gasteiger partial charge in [0.1, 0.15) is 5.82 Å². The molecule has 0 amide bonds. The third-order valence-corrected chi connectivity index (χ3v) is 1.49. The van der Waals surface area contributed by atoms with E-state index >= 15 is 0 Å². The van der Waals surface area contributed by atoms with Gasteiger partial charge in [-0.1, -0.05) is 0 Å².